The van der Waals surface area contributed by atoms with Gasteiger partial charge in [-0.05, 0) is 60.0 Å². The van der Waals surface area contributed by atoms with Crippen molar-refractivity contribution in [3.63, 3.8) is 0 Å². The molecule has 0 spiro atoms. The lowest BCUT2D eigenvalue weighted by molar-refractivity contribution is 0.00578. The molecule has 0 aliphatic carbocycles. The molecular formula is C18H26BN3O4. The number of carbonyl (C=O) groups is 1. The van der Waals surface area contributed by atoms with Crippen LogP contribution < -0.4 is 10.8 Å². The van der Waals surface area contributed by atoms with E-state index in [2.05, 4.69) is 10.3 Å². The van der Waals surface area contributed by atoms with Crippen LogP contribution in [0, 0.1) is 0 Å². The first-order valence-corrected chi connectivity index (χ1v) is 8.71. The second-order valence-electron chi connectivity index (χ2n) is 8.57. The zero-order valence-corrected chi connectivity index (χ0v) is 16.4. The predicted octanol–water partition coefficient (Wildman–Crippen LogP) is 2.98. The maximum Gasteiger partial charge on any atom is 0.496 e. The summed E-state index contributed by atoms with van der Waals surface area (Å²) in [6.07, 6.45) is 3.09. The zero-order valence-electron chi connectivity index (χ0n) is 16.4. The van der Waals surface area contributed by atoms with E-state index in [1.165, 1.54) is 0 Å². The van der Waals surface area contributed by atoms with Crippen LogP contribution in [0.15, 0.2) is 24.5 Å². The standard InChI is InChI=1S/C18H26BN3O4/c1-16(2,3)24-15(23)21-13-11-22-10-12(8-9-14(22)20-13)19-25-17(4,5)18(6,7)26-19/h8-11H,1-7H3,(H,21,23). The van der Waals surface area contributed by atoms with Crippen LogP contribution in [0.3, 0.4) is 0 Å². The molecule has 3 rings (SSSR count). The highest BCUT2D eigenvalue weighted by molar-refractivity contribution is 6.62. The van der Waals surface area contributed by atoms with Crippen LogP contribution in [0.5, 0.6) is 0 Å². The van der Waals surface area contributed by atoms with Crippen molar-refractivity contribution in [2.45, 2.75) is 65.3 Å². The fourth-order valence-corrected chi connectivity index (χ4v) is 2.60. The van der Waals surface area contributed by atoms with Crippen molar-refractivity contribution in [1.82, 2.24) is 9.38 Å². The Morgan fingerprint density at radius 1 is 1.15 bits per heavy atom. The fourth-order valence-electron chi connectivity index (χ4n) is 2.60. The number of aromatic nitrogens is 2. The molecule has 0 aromatic carbocycles. The minimum absolute atomic E-state index is 0.398. The van der Waals surface area contributed by atoms with Gasteiger partial charge < -0.3 is 18.4 Å². The third-order valence-corrected chi connectivity index (χ3v) is 4.63. The van der Waals surface area contributed by atoms with Gasteiger partial charge in [-0.3, -0.25) is 5.32 Å². The van der Waals surface area contributed by atoms with Crippen LogP contribution in [0.1, 0.15) is 48.5 Å². The zero-order chi connectivity index (χ0) is 19.3. The van der Waals surface area contributed by atoms with Gasteiger partial charge in [-0.15, -0.1) is 0 Å². The summed E-state index contributed by atoms with van der Waals surface area (Å²) in [6, 6.07) is 3.78. The molecule has 0 bridgehead atoms. The van der Waals surface area contributed by atoms with E-state index in [1.54, 1.807) is 6.20 Å². The Bertz CT molecular complexity index is 823. The average Bonchev–Trinajstić information content (AvgIpc) is 2.93. The quantitative estimate of drug-likeness (QED) is 0.835. The van der Waals surface area contributed by atoms with Crippen molar-refractivity contribution in [2.24, 2.45) is 0 Å². The Balaban J connectivity index is 1.79. The smallest absolute Gasteiger partial charge is 0.444 e. The lowest BCUT2D eigenvalue weighted by atomic mass is 9.80. The monoisotopic (exact) mass is 359 g/mol. The molecule has 1 fully saturated rings. The number of nitrogens with one attached hydrogen (secondary N) is 1. The SMILES string of the molecule is CC(C)(C)OC(=O)Nc1cn2cc(B3OC(C)(C)C(C)(C)O3)ccc2n1. The third kappa shape index (κ3) is 3.71. The Morgan fingerprint density at radius 3 is 2.35 bits per heavy atom. The van der Waals surface area contributed by atoms with Gasteiger partial charge in [-0.25, -0.2) is 9.78 Å². The molecule has 0 unspecified atom stereocenters. The molecule has 1 N–H and O–H groups in total. The number of nitrogens with zero attached hydrogens (tertiary/aromatic N) is 2. The highest BCUT2D eigenvalue weighted by Crippen LogP contribution is 2.36. The Kier molecular flexibility index (Phi) is 4.32. The molecule has 1 amide bonds. The number of rotatable bonds is 2. The number of ether oxygens (including phenoxy) is 1. The maximum absolute atomic E-state index is 11.9. The molecule has 8 heteroatoms. The van der Waals surface area contributed by atoms with Crippen molar-refractivity contribution < 1.29 is 18.8 Å². The van der Waals surface area contributed by atoms with Crippen LogP contribution in [-0.2, 0) is 14.0 Å². The summed E-state index contributed by atoms with van der Waals surface area (Å²) in [4.78, 5) is 16.3. The summed E-state index contributed by atoms with van der Waals surface area (Å²) < 4.78 is 19.2. The van der Waals surface area contributed by atoms with Crippen LogP contribution in [0.4, 0.5) is 10.6 Å². The van der Waals surface area contributed by atoms with Gasteiger partial charge in [0.15, 0.2) is 5.82 Å². The highest BCUT2D eigenvalue weighted by atomic mass is 16.7. The number of fused-ring (bicyclic) bond motifs is 1. The van der Waals surface area contributed by atoms with Crippen LogP contribution in [0.2, 0.25) is 0 Å². The molecule has 3 heterocycles. The molecule has 0 atom stereocenters. The summed E-state index contributed by atoms with van der Waals surface area (Å²) in [6.45, 7) is 13.5. The third-order valence-electron chi connectivity index (χ3n) is 4.63. The number of amides is 1. The van der Waals surface area contributed by atoms with E-state index in [9.17, 15) is 4.79 Å². The summed E-state index contributed by atoms with van der Waals surface area (Å²) in [5, 5.41) is 2.65. The number of hydrogen-bond donors (Lipinski definition) is 1. The van der Waals surface area contributed by atoms with Gasteiger partial charge in [0.05, 0.1) is 17.4 Å². The molecule has 2 aromatic rings. The second-order valence-corrected chi connectivity index (χ2v) is 8.57. The maximum atomic E-state index is 11.9. The predicted molar refractivity (Wildman–Crippen MR) is 101 cm³/mol. The second kappa shape index (κ2) is 5.99. The number of pyridine rings is 1. The molecule has 1 saturated heterocycles. The Hall–Kier alpha value is -2.06. The number of hydrogen-bond acceptors (Lipinski definition) is 5. The van der Waals surface area contributed by atoms with Gasteiger partial charge in [0.25, 0.3) is 0 Å². The van der Waals surface area contributed by atoms with Crippen LogP contribution in [-0.4, -0.2) is 39.4 Å². The molecule has 1 aliphatic heterocycles. The van der Waals surface area contributed by atoms with Gasteiger partial charge in [-0.1, -0.05) is 6.07 Å². The first-order valence-electron chi connectivity index (χ1n) is 8.71. The van der Waals surface area contributed by atoms with E-state index < -0.39 is 30.0 Å². The first-order chi connectivity index (χ1) is 11.9. The Morgan fingerprint density at radius 2 is 1.77 bits per heavy atom. The van der Waals surface area contributed by atoms with E-state index in [4.69, 9.17) is 14.0 Å². The molecule has 0 radical (unpaired) electrons. The van der Waals surface area contributed by atoms with Crippen LogP contribution >= 0.6 is 0 Å². The van der Waals surface area contributed by atoms with Crippen molar-refractivity contribution >= 4 is 30.1 Å². The van der Waals surface area contributed by atoms with Crippen molar-refractivity contribution in [3.8, 4) is 0 Å². The largest absolute Gasteiger partial charge is 0.496 e. The topological polar surface area (TPSA) is 74.1 Å². The number of anilines is 1. The summed E-state index contributed by atoms with van der Waals surface area (Å²) in [5.74, 6) is 0.422. The van der Waals surface area contributed by atoms with Crippen molar-refractivity contribution in [3.05, 3.63) is 24.5 Å². The molecule has 2 aromatic heterocycles. The van der Waals surface area contributed by atoms with E-state index in [0.29, 0.717) is 11.5 Å². The Labute approximate surface area is 154 Å². The number of imidazole rings is 1. The van der Waals surface area contributed by atoms with Gasteiger partial charge >= 0.3 is 13.2 Å². The van der Waals surface area contributed by atoms with Gasteiger partial charge in [0.1, 0.15) is 11.2 Å². The molecule has 140 valence electrons. The van der Waals surface area contributed by atoms with E-state index in [0.717, 1.165) is 5.46 Å². The highest BCUT2D eigenvalue weighted by Gasteiger charge is 2.51. The molecule has 0 saturated carbocycles. The lowest BCUT2D eigenvalue weighted by Gasteiger charge is -2.32. The normalized spacial score (nSPS) is 19.0. The summed E-state index contributed by atoms with van der Waals surface area (Å²) in [5.41, 5.74) is 0.233. The van der Waals surface area contributed by atoms with E-state index in [-0.39, 0.29) is 0 Å². The fraction of sp³-hybridized carbons (Fsp3) is 0.556. The molecule has 26 heavy (non-hydrogen) atoms. The molecular weight excluding hydrogens is 333 g/mol. The van der Waals surface area contributed by atoms with Gasteiger partial charge in [-0.2, -0.15) is 0 Å². The summed E-state index contributed by atoms with van der Waals surface area (Å²) >= 11 is 0. The van der Waals surface area contributed by atoms with E-state index in [1.807, 2.05) is 71.2 Å². The van der Waals surface area contributed by atoms with E-state index >= 15 is 0 Å². The summed E-state index contributed by atoms with van der Waals surface area (Å²) in [7, 11) is -0.450. The molecule has 1 aliphatic rings. The average molecular weight is 359 g/mol. The number of carbonyl (C=O) groups excluding carboxylic acids is 1. The van der Waals surface area contributed by atoms with Gasteiger partial charge in [0.2, 0.25) is 0 Å². The van der Waals surface area contributed by atoms with Gasteiger partial charge in [0, 0.05) is 6.20 Å². The van der Waals surface area contributed by atoms with Crippen LogP contribution in [0.25, 0.3) is 5.65 Å². The molecule has 7 nitrogen and oxygen atoms in total. The first kappa shape index (κ1) is 18.7. The lowest BCUT2D eigenvalue weighted by Crippen LogP contribution is -2.41. The van der Waals surface area contributed by atoms with Crippen molar-refractivity contribution in [1.29, 1.82) is 0 Å². The van der Waals surface area contributed by atoms with Crippen molar-refractivity contribution in [2.75, 3.05) is 5.32 Å². The minimum atomic E-state index is -0.562. The minimum Gasteiger partial charge on any atom is -0.444 e.